The van der Waals surface area contributed by atoms with E-state index in [0.717, 1.165) is 36.0 Å². The fourth-order valence-electron chi connectivity index (χ4n) is 2.69. The molecule has 1 aliphatic heterocycles. The summed E-state index contributed by atoms with van der Waals surface area (Å²) in [6.07, 6.45) is -2.11. The van der Waals surface area contributed by atoms with Gasteiger partial charge in [0.2, 0.25) is 5.91 Å². The van der Waals surface area contributed by atoms with Gasteiger partial charge in [0.05, 0.1) is 11.0 Å². The smallest absolute Gasteiger partial charge is 0.341 e. The largest absolute Gasteiger partial charge is 0.434 e. The Morgan fingerprint density at radius 3 is 2.83 bits per heavy atom. The molecular weight excluding hydrogens is 327 g/mol. The maximum absolute atomic E-state index is 12.7. The Morgan fingerprint density at radius 1 is 1.57 bits per heavy atom. The summed E-state index contributed by atoms with van der Waals surface area (Å²) in [4.78, 5) is 17.8. The van der Waals surface area contributed by atoms with Gasteiger partial charge in [0.1, 0.15) is 0 Å². The van der Waals surface area contributed by atoms with Crippen LogP contribution in [-0.4, -0.2) is 34.9 Å². The van der Waals surface area contributed by atoms with Gasteiger partial charge in [0, 0.05) is 24.4 Å². The fraction of sp³-hybridized carbons (Fsp3) is 0.733. The van der Waals surface area contributed by atoms with Crippen LogP contribution < -0.4 is 5.73 Å². The molecule has 0 aromatic carbocycles. The molecule has 2 N–H and O–H groups in total. The number of carbonyl (C=O) groups is 1. The van der Waals surface area contributed by atoms with Gasteiger partial charge in [-0.05, 0) is 18.8 Å². The number of hydrogen-bond acceptors (Lipinski definition) is 4. The van der Waals surface area contributed by atoms with Crippen molar-refractivity contribution in [1.82, 2.24) is 9.88 Å². The SMILES string of the molecule is CCC(C)C(N)C(=O)N1CCCC(c2nc(C(F)(F)F)cs2)C1. The Morgan fingerprint density at radius 2 is 2.26 bits per heavy atom. The summed E-state index contributed by atoms with van der Waals surface area (Å²) < 4.78 is 38.0. The van der Waals surface area contributed by atoms with Crippen molar-refractivity contribution in [2.75, 3.05) is 13.1 Å². The van der Waals surface area contributed by atoms with Crippen LogP contribution in [-0.2, 0) is 11.0 Å². The predicted octanol–water partition coefficient (Wildman–Crippen LogP) is 3.24. The average Bonchev–Trinajstić information content (AvgIpc) is 3.03. The molecule has 0 spiro atoms. The first-order valence-corrected chi connectivity index (χ1v) is 8.69. The molecule has 0 bridgehead atoms. The molecule has 1 aliphatic rings. The molecule has 8 heteroatoms. The lowest BCUT2D eigenvalue weighted by Gasteiger charge is -2.34. The zero-order valence-corrected chi connectivity index (χ0v) is 14.1. The van der Waals surface area contributed by atoms with E-state index in [9.17, 15) is 18.0 Å². The zero-order valence-electron chi connectivity index (χ0n) is 13.3. The van der Waals surface area contributed by atoms with Crippen LogP contribution >= 0.6 is 11.3 Å². The highest BCUT2D eigenvalue weighted by molar-refractivity contribution is 7.09. The van der Waals surface area contributed by atoms with Crippen LogP contribution in [0, 0.1) is 5.92 Å². The number of piperidine rings is 1. The Bertz CT molecular complexity index is 546. The Balaban J connectivity index is 2.06. The molecule has 2 rings (SSSR count). The highest BCUT2D eigenvalue weighted by Gasteiger charge is 2.36. The van der Waals surface area contributed by atoms with E-state index in [-0.39, 0.29) is 17.7 Å². The third kappa shape index (κ3) is 4.23. The lowest BCUT2D eigenvalue weighted by atomic mass is 9.95. The van der Waals surface area contributed by atoms with Gasteiger partial charge >= 0.3 is 6.18 Å². The minimum absolute atomic E-state index is 0.0829. The Labute approximate surface area is 137 Å². The maximum atomic E-state index is 12.7. The van der Waals surface area contributed by atoms with Crippen LogP contribution in [0.3, 0.4) is 0 Å². The summed E-state index contributed by atoms with van der Waals surface area (Å²) in [5.41, 5.74) is 5.14. The standard InChI is InChI=1S/C15H22F3N3OS/c1-3-9(2)12(19)14(22)21-6-4-5-10(7-21)13-20-11(8-23-13)15(16,17)18/h8-10,12H,3-7,19H2,1-2H3. The first-order valence-electron chi connectivity index (χ1n) is 7.81. The Hall–Kier alpha value is -1.15. The molecule has 1 amide bonds. The number of nitrogens with two attached hydrogens (primary N) is 1. The second-order valence-corrected chi connectivity index (χ2v) is 6.99. The first-order chi connectivity index (χ1) is 10.7. The highest BCUT2D eigenvalue weighted by atomic mass is 32.1. The van der Waals surface area contributed by atoms with Crippen molar-refractivity contribution in [3.8, 4) is 0 Å². The number of likely N-dealkylation sites (tertiary alicyclic amines) is 1. The third-order valence-corrected chi connectivity index (χ3v) is 5.44. The summed E-state index contributed by atoms with van der Waals surface area (Å²) in [6, 6.07) is -0.555. The van der Waals surface area contributed by atoms with Gasteiger partial charge in [0.25, 0.3) is 0 Å². The van der Waals surface area contributed by atoms with Crippen molar-refractivity contribution in [2.45, 2.75) is 51.2 Å². The third-order valence-electron chi connectivity index (χ3n) is 4.44. The minimum Gasteiger partial charge on any atom is -0.341 e. The molecule has 1 fully saturated rings. The number of aromatic nitrogens is 1. The molecule has 4 nitrogen and oxygen atoms in total. The van der Waals surface area contributed by atoms with Gasteiger partial charge in [-0.3, -0.25) is 4.79 Å². The normalized spacial score (nSPS) is 22.0. The monoisotopic (exact) mass is 349 g/mol. The summed E-state index contributed by atoms with van der Waals surface area (Å²) in [6.45, 7) is 4.91. The van der Waals surface area contributed by atoms with E-state index in [2.05, 4.69) is 4.98 Å². The van der Waals surface area contributed by atoms with Crippen LogP contribution in [0.4, 0.5) is 13.2 Å². The molecule has 1 aromatic heterocycles. The molecule has 1 aromatic rings. The molecule has 130 valence electrons. The second kappa shape index (κ2) is 7.17. The minimum atomic E-state index is -4.42. The van der Waals surface area contributed by atoms with Gasteiger partial charge in [-0.1, -0.05) is 20.3 Å². The van der Waals surface area contributed by atoms with Crippen molar-refractivity contribution in [3.63, 3.8) is 0 Å². The van der Waals surface area contributed by atoms with E-state index < -0.39 is 17.9 Å². The molecule has 0 aliphatic carbocycles. The molecular formula is C15H22F3N3OS. The molecule has 3 atom stereocenters. The number of carbonyl (C=O) groups excluding carboxylic acids is 1. The molecule has 23 heavy (non-hydrogen) atoms. The molecule has 1 saturated heterocycles. The summed E-state index contributed by atoms with van der Waals surface area (Å²) in [5.74, 6) is -0.172. The van der Waals surface area contributed by atoms with E-state index in [0.29, 0.717) is 18.1 Å². The van der Waals surface area contributed by atoms with E-state index in [4.69, 9.17) is 5.73 Å². The summed E-state index contributed by atoms with van der Waals surface area (Å²) >= 11 is 1.02. The highest BCUT2D eigenvalue weighted by Crippen LogP contribution is 2.35. The van der Waals surface area contributed by atoms with Crippen LogP contribution in [0.25, 0.3) is 0 Å². The van der Waals surface area contributed by atoms with Crippen molar-refractivity contribution < 1.29 is 18.0 Å². The summed E-state index contributed by atoms with van der Waals surface area (Å²) in [7, 11) is 0. The lowest BCUT2D eigenvalue weighted by Crippen LogP contribution is -2.50. The lowest BCUT2D eigenvalue weighted by molar-refractivity contribution is -0.141. The first kappa shape index (κ1) is 18.2. The number of hydrogen-bond donors (Lipinski definition) is 1. The number of thiazole rings is 1. The van der Waals surface area contributed by atoms with Crippen molar-refractivity contribution in [3.05, 3.63) is 16.1 Å². The van der Waals surface area contributed by atoms with Crippen LogP contribution in [0.15, 0.2) is 5.38 Å². The molecule has 3 unspecified atom stereocenters. The van der Waals surface area contributed by atoms with E-state index in [1.54, 1.807) is 4.90 Å². The van der Waals surface area contributed by atoms with Gasteiger partial charge in [-0.15, -0.1) is 11.3 Å². The quantitative estimate of drug-likeness (QED) is 0.908. The average molecular weight is 349 g/mol. The van der Waals surface area contributed by atoms with Gasteiger partial charge < -0.3 is 10.6 Å². The van der Waals surface area contributed by atoms with Crippen LogP contribution in [0.5, 0.6) is 0 Å². The molecule has 0 radical (unpaired) electrons. The zero-order chi connectivity index (χ0) is 17.2. The van der Waals surface area contributed by atoms with Crippen molar-refractivity contribution >= 4 is 17.2 Å². The molecule has 0 saturated carbocycles. The topological polar surface area (TPSA) is 59.2 Å². The van der Waals surface area contributed by atoms with E-state index >= 15 is 0 Å². The predicted molar refractivity (Wildman–Crippen MR) is 83.1 cm³/mol. The maximum Gasteiger partial charge on any atom is 0.434 e. The van der Waals surface area contributed by atoms with Crippen molar-refractivity contribution in [2.24, 2.45) is 11.7 Å². The fourth-order valence-corrected chi connectivity index (χ4v) is 3.65. The van der Waals surface area contributed by atoms with Gasteiger partial charge in [-0.25, -0.2) is 4.98 Å². The van der Waals surface area contributed by atoms with Gasteiger partial charge in [0.15, 0.2) is 5.69 Å². The van der Waals surface area contributed by atoms with Crippen LogP contribution in [0.1, 0.15) is 49.7 Å². The number of rotatable bonds is 4. The Kier molecular flexibility index (Phi) is 5.67. The second-order valence-electron chi connectivity index (χ2n) is 6.10. The van der Waals surface area contributed by atoms with Gasteiger partial charge in [-0.2, -0.15) is 13.2 Å². The number of halogens is 3. The van der Waals surface area contributed by atoms with E-state index in [1.807, 2.05) is 13.8 Å². The molecule has 2 heterocycles. The summed E-state index contributed by atoms with van der Waals surface area (Å²) in [5, 5.41) is 1.49. The number of amides is 1. The van der Waals surface area contributed by atoms with Crippen LogP contribution in [0.2, 0.25) is 0 Å². The van der Waals surface area contributed by atoms with Crippen molar-refractivity contribution in [1.29, 1.82) is 0 Å². The number of nitrogens with zero attached hydrogens (tertiary/aromatic N) is 2. The van der Waals surface area contributed by atoms with E-state index in [1.165, 1.54) is 0 Å². The number of alkyl halides is 3.